The van der Waals surface area contributed by atoms with Crippen LogP contribution in [0.5, 0.6) is 0 Å². The van der Waals surface area contributed by atoms with Gasteiger partial charge in [-0.05, 0) is 6.10 Å². The summed E-state index contributed by atoms with van der Waals surface area (Å²) in [5, 5.41) is 16.9. The first-order valence-electron chi connectivity index (χ1n) is 3.02. The van der Waals surface area contributed by atoms with Gasteiger partial charge in [0.1, 0.15) is 0 Å². The SMILES string of the molecule is CCC(=O)O[CH-]C(O)CO.[Cl-].[Mg+2]. The maximum atomic E-state index is 10.4. The second-order valence-corrected chi connectivity index (χ2v) is 1.73. The molecule has 0 saturated heterocycles. The molecule has 0 amide bonds. The van der Waals surface area contributed by atoms with Crippen molar-refractivity contribution in [3.8, 4) is 0 Å². The van der Waals surface area contributed by atoms with E-state index in [1.807, 2.05) is 0 Å². The number of ether oxygens (including phenoxy) is 1. The van der Waals surface area contributed by atoms with Crippen molar-refractivity contribution in [2.24, 2.45) is 0 Å². The van der Waals surface area contributed by atoms with Crippen molar-refractivity contribution in [1.29, 1.82) is 0 Å². The first-order chi connectivity index (χ1) is 4.70. The Hall–Kier alpha value is 0.446. The van der Waals surface area contributed by atoms with Gasteiger partial charge in [-0.15, -0.1) is 6.61 Å². The Kier molecular flexibility index (Phi) is 17.4. The van der Waals surface area contributed by atoms with Crippen molar-refractivity contribution in [2.45, 2.75) is 19.4 Å². The van der Waals surface area contributed by atoms with E-state index in [-0.39, 0.29) is 41.9 Å². The second kappa shape index (κ2) is 11.4. The van der Waals surface area contributed by atoms with Crippen molar-refractivity contribution in [3.63, 3.8) is 0 Å². The Bertz CT molecular complexity index is 112. The van der Waals surface area contributed by atoms with Crippen molar-refractivity contribution in [3.05, 3.63) is 6.61 Å². The van der Waals surface area contributed by atoms with Crippen LogP contribution in [0.4, 0.5) is 0 Å². The molecule has 0 radical (unpaired) electrons. The van der Waals surface area contributed by atoms with E-state index in [2.05, 4.69) is 4.74 Å². The number of esters is 1. The quantitative estimate of drug-likeness (QED) is 0.280. The molecule has 0 aliphatic heterocycles. The molecule has 4 nitrogen and oxygen atoms in total. The van der Waals surface area contributed by atoms with Gasteiger partial charge in [0.25, 0.3) is 5.97 Å². The number of rotatable bonds is 4. The van der Waals surface area contributed by atoms with Crippen LogP contribution >= 0.6 is 0 Å². The average molecular weight is 207 g/mol. The molecule has 0 spiro atoms. The summed E-state index contributed by atoms with van der Waals surface area (Å²) in [7, 11) is 0. The summed E-state index contributed by atoms with van der Waals surface area (Å²) in [5.74, 6) is -0.424. The molecular weight excluding hydrogens is 196 g/mol. The van der Waals surface area contributed by atoms with Gasteiger partial charge >= 0.3 is 23.1 Å². The van der Waals surface area contributed by atoms with Crippen molar-refractivity contribution >= 4 is 29.0 Å². The third kappa shape index (κ3) is 10.4. The second-order valence-electron chi connectivity index (χ2n) is 1.73. The summed E-state index contributed by atoms with van der Waals surface area (Å²) in [6.45, 7) is 2.12. The molecule has 0 aliphatic rings. The molecule has 0 aromatic carbocycles. The third-order valence-electron chi connectivity index (χ3n) is 0.832. The van der Waals surface area contributed by atoms with Gasteiger partial charge in [0.05, 0.1) is 0 Å². The summed E-state index contributed by atoms with van der Waals surface area (Å²) >= 11 is 0. The minimum atomic E-state index is -1.07. The average Bonchev–Trinajstić information content (AvgIpc) is 1.99. The zero-order chi connectivity index (χ0) is 7.98. The first-order valence-corrected chi connectivity index (χ1v) is 3.02. The van der Waals surface area contributed by atoms with Gasteiger partial charge in [-0.1, -0.05) is 6.92 Å². The number of carbonyl (C=O) groups excluding carboxylic acids is 1. The zero-order valence-electron chi connectivity index (χ0n) is 6.86. The van der Waals surface area contributed by atoms with E-state index < -0.39 is 18.7 Å². The van der Waals surface area contributed by atoms with Gasteiger partial charge in [0, 0.05) is 13.0 Å². The monoisotopic (exact) mass is 206 g/mol. The molecule has 2 N–H and O–H groups in total. The molecule has 0 fully saturated rings. The summed E-state index contributed by atoms with van der Waals surface area (Å²) in [6.07, 6.45) is -0.815. The van der Waals surface area contributed by atoms with Gasteiger partial charge in [-0.2, -0.15) is 0 Å². The van der Waals surface area contributed by atoms with Crippen LogP contribution in [0.25, 0.3) is 0 Å². The van der Waals surface area contributed by atoms with Crippen LogP contribution in [0.15, 0.2) is 0 Å². The minimum Gasteiger partial charge on any atom is -1.00 e. The van der Waals surface area contributed by atoms with Gasteiger partial charge in [0.15, 0.2) is 0 Å². The van der Waals surface area contributed by atoms with Crippen LogP contribution < -0.4 is 12.4 Å². The predicted octanol–water partition coefficient (Wildman–Crippen LogP) is -3.92. The molecular formula is C6H11ClMgO4. The molecule has 0 aromatic heterocycles. The van der Waals surface area contributed by atoms with Crippen molar-refractivity contribution in [1.82, 2.24) is 0 Å². The fourth-order valence-electron chi connectivity index (χ4n) is 0.281. The van der Waals surface area contributed by atoms with Crippen molar-refractivity contribution < 1.29 is 32.2 Å². The van der Waals surface area contributed by atoms with Gasteiger partial charge in [-0.25, -0.2) is 0 Å². The predicted molar refractivity (Wildman–Crippen MR) is 39.5 cm³/mol. The summed E-state index contributed by atoms with van der Waals surface area (Å²) in [6, 6.07) is 0. The fourth-order valence-corrected chi connectivity index (χ4v) is 0.281. The minimum absolute atomic E-state index is 0. The molecule has 12 heavy (non-hydrogen) atoms. The standard InChI is InChI=1S/C6H11O4.ClH.Mg/c1-2-6(9)10-4-5(8)3-7;;/h4-5,7-8H,2-3H2,1H3;1H;/q-1;;+2/p-1. The number of aliphatic hydroxyl groups excluding tert-OH is 2. The van der Waals surface area contributed by atoms with Crippen LogP contribution in [0, 0.1) is 6.61 Å². The molecule has 68 valence electrons. The van der Waals surface area contributed by atoms with Crippen LogP contribution in [-0.2, 0) is 9.53 Å². The van der Waals surface area contributed by atoms with E-state index in [0.29, 0.717) is 0 Å². The van der Waals surface area contributed by atoms with E-state index in [9.17, 15) is 4.79 Å². The Morgan fingerprint density at radius 2 is 2.17 bits per heavy atom. The largest absolute Gasteiger partial charge is 2.00 e. The molecule has 0 heterocycles. The molecule has 0 bridgehead atoms. The fraction of sp³-hybridized carbons (Fsp3) is 0.667. The van der Waals surface area contributed by atoms with Gasteiger partial charge in [0.2, 0.25) is 0 Å². The Labute approximate surface area is 93.9 Å². The van der Waals surface area contributed by atoms with E-state index in [0.717, 1.165) is 6.61 Å². The normalized spacial score (nSPS) is 10.6. The molecule has 0 aromatic rings. The molecule has 1 atom stereocenters. The summed E-state index contributed by atoms with van der Waals surface area (Å²) in [5.41, 5.74) is 0. The number of hydrogen-bond donors (Lipinski definition) is 2. The maximum absolute atomic E-state index is 10.4. The molecule has 6 heteroatoms. The van der Waals surface area contributed by atoms with Crippen LogP contribution in [0.2, 0.25) is 0 Å². The first kappa shape index (κ1) is 18.3. The van der Waals surface area contributed by atoms with E-state index in [1.54, 1.807) is 6.92 Å². The number of halogens is 1. The topological polar surface area (TPSA) is 66.8 Å². The summed E-state index contributed by atoms with van der Waals surface area (Å²) < 4.78 is 4.37. The van der Waals surface area contributed by atoms with Crippen LogP contribution in [0.1, 0.15) is 13.3 Å². The smallest absolute Gasteiger partial charge is 1.00 e. The Morgan fingerprint density at radius 3 is 2.50 bits per heavy atom. The van der Waals surface area contributed by atoms with Gasteiger partial charge in [-0.3, -0.25) is 4.79 Å². The molecule has 0 rings (SSSR count). The van der Waals surface area contributed by atoms with E-state index >= 15 is 0 Å². The number of carbonyl (C=O) groups is 1. The van der Waals surface area contributed by atoms with Crippen molar-refractivity contribution in [2.75, 3.05) is 6.61 Å². The Morgan fingerprint density at radius 1 is 1.67 bits per heavy atom. The zero-order valence-corrected chi connectivity index (χ0v) is 9.04. The van der Waals surface area contributed by atoms with E-state index in [1.165, 1.54) is 0 Å². The third-order valence-corrected chi connectivity index (χ3v) is 0.832. The number of hydrogen-bond acceptors (Lipinski definition) is 4. The van der Waals surface area contributed by atoms with Crippen LogP contribution in [0.3, 0.4) is 0 Å². The number of aliphatic hydroxyl groups is 2. The van der Waals surface area contributed by atoms with Gasteiger partial charge < -0.3 is 27.4 Å². The van der Waals surface area contributed by atoms with E-state index in [4.69, 9.17) is 10.2 Å². The van der Waals surface area contributed by atoms with Crippen LogP contribution in [-0.4, -0.2) is 51.9 Å². The maximum Gasteiger partial charge on any atom is 2.00 e. The Balaban J connectivity index is -0.000000405. The molecule has 0 saturated carbocycles. The molecule has 1 unspecified atom stereocenters. The molecule has 0 aliphatic carbocycles. The summed E-state index contributed by atoms with van der Waals surface area (Å²) in [4.78, 5) is 10.4.